The fourth-order valence-corrected chi connectivity index (χ4v) is 3.77. The van der Waals surface area contributed by atoms with Gasteiger partial charge < -0.3 is 25.2 Å². The molecular weight excluding hydrogens is 418 g/mol. The Balaban J connectivity index is 1.19. The molecule has 10 heteroatoms. The number of urea groups is 1. The van der Waals surface area contributed by atoms with Crippen LogP contribution in [0.25, 0.3) is 11.4 Å². The van der Waals surface area contributed by atoms with E-state index in [1.54, 1.807) is 35.6 Å². The molecule has 0 spiro atoms. The monoisotopic (exact) mass is 441 g/mol. The molecule has 1 aliphatic heterocycles. The third-order valence-electron chi connectivity index (χ3n) is 4.75. The zero-order valence-electron chi connectivity index (χ0n) is 16.8. The fraction of sp³-hybridized carbons (Fsp3) is 0.333. The van der Waals surface area contributed by atoms with E-state index in [-0.39, 0.29) is 24.5 Å². The zero-order chi connectivity index (χ0) is 21.5. The van der Waals surface area contributed by atoms with E-state index in [9.17, 15) is 9.59 Å². The van der Waals surface area contributed by atoms with Gasteiger partial charge in [-0.2, -0.15) is 16.3 Å². The van der Waals surface area contributed by atoms with Gasteiger partial charge in [-0.05, 0) is 48.6 Å². The van der Waals surface area contributed by atoms with Gasteiger partial charge in [0.25, 0.3) is 0 Å². The van der Waals surface area contributed by atoms with Crippen LogP contribution in [-0.2, 0) is 16.0 Å². The zero-order valence-corrected chi connectivity index (χ0v) is 17.6. The molecule has 0 aliphatic carbocycles. The molecule has 4 rings (SSSR count). The van der Waals surface area contributed by atoms with E-state index in [0.29, 0.717) is 36.1 Å². The van der Waals surface area contributed by atoms with Crippen molar-refractivity contribution in [1.29, 1.82) is 0 Å². The van der Waals surface area contributed by atoms with Crippen LogP contribution in [0.1, 0.15) is 25.2 Å². The number of amides is 3. The molecule has 31 heavy (non-hydrogen) atoms. The number of anilines is 2. The Bertz CT molecular complexity index is 997. The second-order valence-electron chi connectivity index (χ2n) is 7.12. The van der Waals surface area contributed by atoms with Crippen LogP contribution in [0.4, 0.5) is 16.2 Å². The van der Waals surface area contributed by atoms with E-state index < -0.39 is 0 Å². The van der Waals surface area contributed by atoms with Crippen LogP contribution in [0.15, 0.2) is 45.6 Å². The van der Waals surface area contributed by atoms with E-state index in [0.717, 1.165) is 25.0 Å². The first-order valence-electron chi connectivity index (χ1n) is 10.1. The maximum atomic E-state index is 12.2. The normalized spacial score (nSPS) is 15.5. The van der Waals surface area contributed by atoms with E-state index >= 15 is 0 Å². The first-order valence-corrected chi connectivity index (χ1v) is 11.0. The lowest BCUT2D eigenvalue weighted by atomic mass is 10.2. The van der Waals surface area contributed by atoms with Crippen molar-refractivity contribution in [2.24, 2.45) is 0 Å². The fourth-order valence-electron chi connectivity index (χ4n) is 3.13. The molecule has 0 unspecified atom stereocenters. The highest BCUT2D eigenvalue weighted by atomic mass is 32.1. The number of rotatable bonds is 8. The molecule has 1 aliphatic rings. The van der Waals surface area contributed by atoms with Gasteiger partial charge in [0.05, 0.1) is 6.10 Å². The van der Waals surface area contributed by atoms with E-state index in [2.05, 4.69) is 26.1 Å². The number of carbonyl (C=O) groups is 2. The molecule has 0 bridgehead atoms. The van der Waals surface area contributed by atoms with Gasteiger partial charge in [0, 0.05) is 48.3 Å². The Labute approximate surface area is 183 Å². The van der Waals surface area contributed by atoms with Crippen molar-refractivity contribution in [1.82, 2.24) is 15.5 Å². The highest BCUT2D eigenvalue weighted by molar-refractivity contribution is 7.08. The second kappa shape index (κ2) is 10.2. The van der Waals surface area contributed by atoms with Gasteiger partial charge in [0.1, 0.15) is 0 Å². The SMILES string of the molecule is O=C(CCc1nc(-c2ccsc2)no1)Nc1ccc(NC(=O)NC[C@@H]2CCCO2)cc1. The minimum Gasteiger partial charge on any atom is -0.376 e. The molecular formula is C21H23N5O4S. The summed E-state index contributed by atoms with van der Waals surface area (Å²) < 4.78 is 10.7. The average Bonchev–Trinajstić information content (AvgIpc) is 3.55. The molecule has 0 saturated carbocycles. The van der Waals surface area contributed by atoms with Crippen molar-refractivity contribution in [2.75, 3.05) is 23.8 Å². The summed E-state index contributed by atoms with van der Waals surface area (Å²) in [5.41, 5.74) is 2.17. The molecule has 0 radical (unpaired) electrons. The topological polar surface area (TPSA) is 118 Å². The first kappa shape index (κ1) is 21.0. The molecule has 2 aromatic heterocycles. The molecule has 1 aromatic carbocycles. The predicted octanol–water partition coefficient (Wildman–Crippen LogP) is 3.67. The summed E-state index contributed by atoms with van der Waals surface area (Å²) >= 11 is 1.56. The van der Waals surface area contributed by atoms with Crippen LogP contribution in [0.5, 0.6) is 0 Å². The summed E-state index contributed by atoms with van der Waals surface area (Å²) in [5, 5.41) is 16.2. The van der Waals surface area contributed by atoms with Crippen LogP contribution in [-0.4, -0.2) is 41.3 Å². The molecule has 3 heterocycles. The summed E-state index contributed by atoms with van der Waals surface area (Å²) in [4.78, 5) is 28.5. The highest BCUT2D eigenvalue weighted by Gasteiger charge is 2.16. The maximum absolute atomic E-state index is 12.2. The van der Waals surface area contributed by atoms with Gasteiger partial charge in [-0.1, -0.05) is 5.16 Å². The van der Waals surface area contributed by atoms with Crippen molar-refractivity contribution in [3.63, 3.8) is 0 Å². The predicted molar refractivity (Wildman–Crippen MR) is 117 cm³/mol. The standard InChI is InChI=1S/C21H23N5O4S/c27-18(7-8-19-25-20(26-30-19)14-9-11-31-13-14)23-15-3-5-16(6-4-15)24-21(28)22-12-17-2-1-10-29-17/h3-6,9,11,13,17H,1-2,7-8,10,12H2,(H,23,27)(H2,22,24,28)/t17-/m0/s1. The van der Waals surface area contributed by atoms with Gasteiger partial charge in [0.2, 0.25) is 17.6 Å². The minimum absolute atomic E-state index is 0.0951. The van der Waals surface area contributed by atoms with Gasteiger partial charge in [0.15, 0.2) is 0 Å². The number of ether oxygens (including phenoxy) is 1. The van der Waals surface area contributed by atoms with Gasteiger partial charge >= 0.3 is 6.03 Å². The van der Waals surface area contributed by atoms with Crippen molar-refractivity contribution < 1.29 is 18.8 Å². The van der Waals surface area contributed by atoms with Crippen LogP contribution in [0.3, 0.4) is 0 Å². The number of carbonyl (C=O) groups excluding carboxylic acids is 2. The summed E-state index contributed by atoms with van der Waals surface area (Å²) in [5.74, 6) is 0.787. The minimum atomic E-state index is -0.284. The average molecular weight is 442 g/mol. The Hall–Kier alpha value is -3.24. The molecule has 3 N–H and O–H groups in total. The number of aromatic nitrogens is 2. The largest absolute Gasteiger partial charge is 0.376 e. The lowest BCUT2D eigenvalue weighted by molar-refractivity contribution is -0.116. The number of aryl methyl sites for hydroxylation is 1. The van der Waals surface area contributed by atoms with E-state index in [1.165, 1.54) is 0 Å². The maximum Gasteiger partial charge on any atom is 0.319 e. The number of nitrogens with zero attached hydrogens (tertiary/aromatic N) is 2. The van der Waals surface area contributed by atoms with Crippen LogP contribution >= 0.6 is 11.3 Å². The quantitative estimate of drug-likeness (QED) is 0.491. The lowest BCUT2D eigenvalue weighted by Crippen LogP contribution is -2.35. The molecule has 1 atom stereocenters. The van der Waals surface area contributed by atoms with Crippen molar-refractivity contribution in [3.05, 3.63) is 47.0 Å². The summed E-state index contributed by atoms with van der Waals surface area (Å²) in [7, 11) is 0. The van der Waals surface area contributed by atoms with Crippen molar-refractivity contribution >= 4 is 34.6 Å². The highest BCUT2D eigenvalue weighted by Crippen LogP contribution is 2.19. The summed E-state index contributed by atoms with van der Waals surface area (Å²) in [6.45, 7) is 1.25. The van der Waals surface area contributed by atoms with Crippen molar-refractivity contribution in [2.45, 2.75) is 31.8 Å². The molecule has 162 valence electrons. The molecule has 3 aromatic rings. The molecule has 3 amide bonds. The number of benzene rings is 1. The number of hydrogen-bond donors (Lipinski definition) is 3. The van der Waals surface area contributed by atoms with Gasteiger partial charge in [-0.15, -0.1) is 0 Å². The Morgan fingerprint density at radius 3 is 2.65 bits per heavy atom. The first-order chi connectivity index (χ1) is 15.2. The molecule has 1 fully saturated rings. The molecule has 9 nitrogen and oxygen atoms in total. The Kier molecular flexibility index (Phi) is 6.90. The van der Waals surface area contributed by atoms with Crippen LogP contribution < -0.4 is 16.0 Å². The van der Waals surface area contributed by atoms with E-state index in [4.69, 9.17) is 9.26 Å². The summed E-state index contributed by atoms with van der Waals surface area (Å²) in [6, 6.07) is 8.55. The van der Waals surface area contributed by atoms with Crippen LogP contribution in [0, 0.1) is 0 Å². The van der Waals surface area contributed by atoms with Crippen molar-refractivity contribution in [3.8, 4) is 11.4 Å². The third kappa shape index (κ3) is 6.12. The van der Waals surface area contributed by atoms with Gasteiger partial charge in [-0.3, -0.25) is 4.79 Å². The molecule has 1 saturated heterocycles. The third-order valence-corrected chi connectivity index (χ3v) is 5.44. The number of thiophene rings is 1. The number of nitrogens with one attached hydrogen (secondary N) is 3. The summed E-state index contributed by atoms with van der Waals surface area (Å²) in [6.07, 6.45) is 2.67. The lowest BCUT2D eigenvalue weighted by Gasteiger charge is -2.12. The Morgan fingerprint density at radius 2 is 1.94 bits per heavy atom. The van der Waals surface area contributed by atoms with E-state index in [1.807, 2.05) is 16.8 Å². The Morgan fingerprint density at radius 1 is 1.13 bits per heavy atom. The smallest absolute Gasteiger partial charge is 0.319 e. The van der Waals surface area contributed by atoms with Gasteiger partial charge in [-0.25, -0.2) is 4.79 Å². The number of hydrogen-bond acceptors (Lipinski definition) is 7. The second-order valence-corrected chi connectivity index (χ2v) is 7.90. The van der Waals surface area contributed by atoms with Crippen LogP contribution in [0.2, 0.25) is 0 Å².